The molecular weight excluding hydrogens is 280 g/mol. The van der Waals surface area contributed by atoms with E-state index in [2.05, 4.69) is 5.32 Å². The average molecular weight is 298 g/mol. The van der Waals surface area contributed by atoms with Gasteiger partial charge in [0.15, 0.2) is 0 Å². The molecule has 0 saturated carbocycles. The molecule has 2 unspecified atom stereocenters. The zero-order valence-corrected chi connectivity index (χ0v) is 12.2. The molecule has 1 N–H and O–H groups in total. The number of nitrogens with one attached hydrogen (secondary N) is 1. The van der Waals surface area contributed by atoms with Crippen molar-refractivity contribution in [1.29, 1.82) is 0 Å². The average Bonchev–Trinajstić information content (AvgIpc) is 2.79. The summed E-state index contributed by atoms with van der Waals surface area (Å²) in [5, 5.41) is 4.15. The minimum atomic E-state index is -0.541. The van der Waals surface area contributed by atoms with E-state index in [4.69, 9.17) is 4.42 Å². The molecule has 5 nitrogen and oxygen atoms in total. The quantitative estimate of drug-likeness (QED) is 0.815. The number of para-hydroxylation sites is 1. The third-order valence-electron chi connectivity index (χ3n) is 4.76. The summed E-state index contributed by atoms with van der Waals surface area (Å²) in [6, 6.07) is 9.37. The first-order valence-corrected chi connectivity index (χ1v) is 7.80. The van der Waals surface area contributed by atoms with E-state index < -0.39 is 5.63 Å². The third-order valence-corrected chi connectivity index (χ3v) is 4.76. The Bertz CT molecular complexity index is 769. The van der Waals surface area contributed by atoms with Crippen molar-refractivity contribution >= 4 is 16.9 Å². The molecule has 0 spiro atoms. The Morgan fingerprint density at radius 3 is 2.91 bits per heavy atom. The van der Waals surface area contributed by atoms with Crippen LogP contribution in [0.4, 0.5) is 0 Å². The highest BCUT2D eigenvalue weighted by Crippen LogP contribution is 2.29. The number of carbonyl (C=O) groups excluding carboxylic acids is 1. The number of amides is 1. The number of nitrogens with zero attached hydrogens (tertiary/aromatic N) is 1. The monoisotopic (exact) mass is 298 g/mol. The maximum Gasteiger partial charge on any atom is 0.349 e. The number of hydrogen-bond donors (Lipinski definition) is 1. The highest BCUT2D eigenvalue weighted by Gasteiger charge is 2.39. The lowest BCUT2D eigenvalue weighted by Gasteiger charge is -2.27. The van der Waals surface area contributed by atoms with Gasteiger partial charge in [0.1, 0.15) is 11.1 Å². The predicted molar refractivity (Wildman–Crippen MR) is 83.0 cm³/mol. The topological polar surface area (TPSA) is 62.6 Å². The van der Waals surface area contributed by atoms with Gasteiger partial charge in [0.2, 0.25) is 0 Å². The SMILES string of the molecule is O=C(c1cc2ccccc2oc1=O)N1C2CCNCC1CC2. The van der Waals surface area contributed by atoms with Gasteiger partial charge in [0.05, 0.1) is 0 Å². The number of benzene rings is 1. The van der Waals surface area contributed by atoms with Crippen molar-refractivity contribution in [3.8, 4) is 0 Å². The van der Waals surface area contributed by atoms with Crippen molar-refractivity contribution < 1.29 is 9.21 Å². The Morgan fingerprint density at radius 2 is 2.00 bits per heavy atom. The van der Waals surface area contributed by atoms with Gasteiger partial charge in [-0.3, -0.25) is 4.79 Å². The second-order valence-corrected chi connectivity index (χ2v) is 6.08. The van der Waals surface area contributed by atoms with E-state index in [1.165, 1.54) is 0 Å². The normalized spacial score (nSPS) is 24.5. The van der Waals surface area contributed by atoms with Crippen molar-refractivity contribution in [2.45, 2.75) is 31.3 Å². The smallest absolute Gasteiger partial charge is 0.349 e. The van der Waals surface area contributed by atoms with Gasteiger partial charge in [-0.2, -0.15) is 0 Å². The zero-order valence-electron chi connectivity index (χ0n) is 12.2. The Kier molecular flexibility index (Phi) is 3.22. The third kappa shape index (κ3) is 2.13. The molecule has 22 heavy (non-hydrogen) atoms. The molecule has 1 amide bonds. The van der Waals surface area contributed by atoms with Gasteiger partial charge in [0.25, 0.3) is 5.91 Å². The minimum absolute atomic E-state index is 0.150. The van der Waals surface area contributed by atoms with Crippen LogP contribution < -0.4 is 10.9 Å². The first kappa shape index (κ1) is 13.5. The van der Waals surface area contributed by atoms with E-state index in [0.717, 1.165) is 37.7 Å². The van der Waals surface area contributed by atoms with E-state index in [-0.39, 0.29) is 23.6 Å². The van der Waals surface area contributed by atoms with Crippen LogP contribution in [0.3, 0.4) is 0 Å². The van der Waals surface area contributed by atoms with Crippen LogP contribution in [0.15, 0.2) is 39.5 Å². The minimum Gasteiger partial charge on any atom is -0.422 e. The Morgan fingerprint density at radius 1 is 1.18 bits per heavy atom. The van der Waals surface area contributed by atoms with E-state index in [1.54, 1.807) is 12.1 Å². The predicted octanol–water partition coefficient (Wildman–Crippen LogP) is 1.76. The molecule has 2 bridgehead atoms. The highest BCUT2D eigenvalue weighted by atomic mass is 16.4. The molecule has 1 aromatic heterocycles. The molecular formula is C17H18N2O3. The van der Waals surface area contributed by atoms with Crippen LogP contribution in [0, 0.1) is 0 Å². The Balaban J connectivity index is 1.76. The largest absolute Gasteiger partial charge is 0.422 e. The van der Waals surface area contributed by atoms with Gasteiger partial charge >= 0.3 is 5.63 Å². The molecule has 2 saturated heterocycles. The molecule has 2 fully saturated rings. The van der Waals surface area contributed by atoms with E-state index in [9.17, 15) is 9.59 Å². The van der Waals surface area contributed by atoms with Crippen molar-refractivity contribution in [3.05, 3.63) is 46.3 Å². The van der Waals surface area contributed by atoms with Gasteiger partial charge in [-0.1, -0.05) is 18.2 Å². The van der Waals surface area contributed by atoms with Gasteiger partial charge in [0, 0.05) is 24.0 Å². The molecule has 2 atom stereocenters. The first-order chi connectivity index (χ1) is 10.7. The number of fused-ring (bicyclic) bond motifs is 3. The summed E-state index contributed by atoms with van der Waals surface area (Å²) in [7, 11) is 0. The lowest BCUT2D eigenvalue weighted by molar-refractivity contribution is 0.0676. The second-order valence-electron chi connectivity index (χ2n) is 6.08. The molecule has 3 heterocycles. The van der Waals surface area contributed by atoms with Crippen LogP contribution in [0.1, 0.15) is 29.6 Å². The van der Waals surface area contributed by atoms with Gasteiger partial charge in [-0.15, -0.1) is 0 Å². The summed E-state index contributed by atoms with van der Waals surface area (Å²) in [6.45, 7) is 1.73. The molecule has 2 aliphatic rings. The standard InChI is InChI=1S/C17H18N2O3/c20-16(19-12-5-6-13(19)10-18-8-7-12)14-9-11-3-1-2-4-15(11)22-17(14)21/h1-4,9,12-13,18H,5-8,10H2. The lowest BCUT2D eigenvalue weighted by Crippen LogP contribution is -2.44. The summed E-state index contributed by atoms with van der Waals surface area (Å²) in [6.07, 6.45) is 2.97. The molecule has 1 aromatic carbocycles. The van der Waals surface area contributed by atoms with Crippen molar-refractivity contribution in [2.75, 3.05) is 13.1 Å². The molecule has 2 aliphatic heterocycles. The fraction of sp³-hybridized carbons (Fsp3) is 0.412. The Hall–Kier alpha value is -2.14. The highest BCUT2D eigenvalue weighted by molar-refractivity contribution is 5.97. The second kappa shape index (κ2) is 5.25. The maximum absolute atomic E-state index is 12.9. The first-order valence-electron chi connectivity index (χ1n) is 7.80. The van der Waals surface area contributed by atoms with Crippen LogP contribution in [-0.2, 0) is 0 Å². The maximum atomic E-state index is 12.9. The van der Waals surface area contributed by atoms with E-state index >= 15 is 0 Å². The molecule has 114 valence electrons. The Labute approximate surface area is 127 Å². The fourth-order valence-electron chi connectivity index (χ4n) is 3.66. The number of hydrogen-bond acceptors (Lipinski definition) is 4. The van der Waals surface area contributed by atoms with Crippen LogP contribution in [0.25, 0.3) is 11.0 Å². The van der Waals surface area contributed by atoms with E-state index in [0.29, 0.717) is 5.58 Å². The van der Waals surface area contributed by atoms with Crippen molar-refractivity contribution in [3.63, 3.8) is 0 Å². The fourth-order valence-corrected chi connectivity index (χ4v) is 3.66. The van der Waals surface area contributed by atoms with Gasteiger partial charge in [-0.05, 0) is 37.9 Å². The van der Waals surface area contributed by atoms with Crippen LogP contribution in [0.2, 0.25) is 0 Å². The van der Waals surface area contributed by atoms with E-state index in [1.807, 2.05) is 23.1 Å². The molecule has 4 rings (SSSR count). The van der Waals surface area contributed by atoms with Crippen LogP contribution in [-0.4, -0.2) is 36.0 Å². The molecule has 2 aromatic rings. The summed E-state index contributed by atoms with van der Waals surface area (Å²) in [5.41, 5.74) is 0.127. The number of carbonyl (C=O) groups is 1. The zero-order chi connectivity index (χ0) is 15.1. The summed E-state index contributed by atoms with van der Waals surface area (Å²) in [4.78, 5) is 27.0. The van der Waals surface area contributed by atoms with Crippen LogP contribution >= 0.6 is 0 Å². The van der Waals surface area contributed by atoms with Gasteiger partial charge in [-0.25, -0.2) is 4.79 Å². The molecule has 0 radical (unpaired) electrons. The number of rotatable bonds is 1. The summed E-state index contributed by atoms with van der Waals surface area (Å²) in [5.74, 6) is -0.185. The van der Waals surface area contributed by atoms with Crippen LogP contribution in [0.5, 0.6) is 0 Å². The summed E-state index contributed by atoms with van der Waals surface area (Å²) >= 11 is 0. The molecule has 0 aliphatic carbocycles. The molecule has 5 heteroatoms. The lowest BCUT2D eigenvalue weighted by atomic mass is 10.1. The van der Waals surface area contributed by atoms with Crippen molar-refractivity contribution in [2.24, 2.45) is 0 Å². The summed E-state index contributed by atoms with van der Waals surface area (Å²) < 4.78 is 5.31. The van der Waals surface area contributed by atoms with Crippen molar-refractivity contribution in [1.82, 2.24) is 10.2 Å². The van der Waals surface area contributed by atoms with Gasteiger partial charge < -0.3 is 14.6 Å².